The van der Waals surface area contributed by atoms with Crippen LogP contribution in [0.3, 0.4) is 0 Å². The minimum atomic E-state index is -0.568. The van der Waals surface area contributed by atoms with Gasteiger partial charge in [0.25, 0.3) is 0 Å². The van der Waals surface area contributed by atoms with Crippen LogP contribution in [0.4, 0.5) is 8.78 Å². The highest BCUT2D eigenvalue weighted by Gasteiger charge is 2.21. The van der Waals surface area contributed by atoms with Crippen LogP contribution in [0.15, 0.2) is 23.2 Å². The smallest absolute Gasteiger partial charge is 0.188 e. The summed E-state index contributed by atoms with van der Waals surface area (Å²) in [5.41, 5.74) is 5.77. The molecule has 0 spiro atoms. The number of hydrogen-bond donors (Lipinski definition) is 2. The Morgan fingerprint density at radius 2 is 1.91 bits per heavy atom. The molecule has 0 aliphatic carbocycles. The molecule has 126 valence electrons. The number of guanidine groups is 1. The van der Waals surface area contributed by atoms with E-state index < -0.39 is 17.7 Å². The molecule has 1 aromatic carbocycles. The van der Waals surface area contributed by atoms with Gasteiger partial charge < -0.3 is 16.0 Å². The highest BCUT2D eigenvalue weighted by molar-refractivity contribution is 14.0. The summed E-state index contributed by atoms with van der Waals surface area (Å²) >= 11 is 0. The Bertz CT molecular complexity index is 460. The molecule has 0 saturated carbocycles. The normalized spacial score (nSPS) is 12.9. The second-order valence-electron chi connectivity index (χ2n) is 5.12. The lowest BCUT2D eigenvalue weighted by atomic mass is 10.0. The van der Waals surface area contributed by atoms with E-state index in [9.17, 15) is 8.78 Å². The van der Waals surface area contributed by atoms with Gasteiger partial charge in [0.15, 0.2) is 5.96 Å². The molecule has 1 atom stereocenters. The zero-order valence-electron chi connectivity index (χ0n) is 13.3. The van der Waals surface area contributed by atoms with Crippen LogP contribution >= 0.6 is 24.0 Å². The summed E-state index contributed by atoms with van der Waals surface area (Å²) in [6.07, 6.45) is 2.05. The van der Waals surface area contributed by atoms with E-state index in [1.807, 2.05) is 0 Å². The molecule has 1 aromatic rings. The van der Waals surface area contributed by atoms with Gasteiger partial charge in [-0.1, -0.05) is 19.4 Å². The molecule has 1 rings (SSSR count). The van der Waals surface area contributed by atoms with Crippen molar-refractivity contribution in [2.75, 3.05) is 27.2 Å². The number of nitrogens with zero attached hydrogens (tertiary/aromatic N) is 2. The number of nitrogens with two attached hydrogens (primary N) is 1. The number of rotatable bonds is 7. The third kappa shape index (κ3) is 6.43. The van der Waals surface area contributed by atoms with Crippen molar-refractivity contribution >= 4 is 29.9 Å². The summed E-state index contributed by atoms with van der Waals surface area (Å²) < 4.78 is 27.7. The number of benzene rings is 1. The van der Waals surface area contributed by atoms with Crippen molar-refractivity contribution in [3.63, 3.8) is 0 Å². The highest BCUT2D eigenvalue weighted by atomic mass is 127. The van der Waals surface area contributed by atoms with Crippen molar-refractivity contribution in [3.05, 3.63) is 35.4 Å². The van der Waals surface area contributed by atoms with Crippen LogP contribution in [0, 0.1) is 11.6 Å². The van der Waals surface area contributed by atoms with Crippen molar-refractivity contribution in [1.29, 1.82) is 0 Å². The maximum atomic E-state index is 13.9. The summed E-state index contributed by atoms with van der Waals surface area (Å²) in [5.74, 6) is -0.838. The molecule has 3 N–H and O–H groups in total. The predicted octanol–water partition coefficient (Wildman–Crippen LogP) is 2.89. The number of unbranched alkanes of at least 4 members (excludes halogenated alkanes) is 1. The molecule has 0 aromatic heterocycles. The third-order valence-electron chi connectivity index (χ3n) is 3.23. The second-order valence-corrected chi connectivity index (χ2v) is 5.12. The topological polar surface area (TPSA) is 53.6 Å². The first-order valence-corrected chi connectivity index (χ1v) is 7.11. The molecule has 0 amide bonds. The highest BCUT2D eigenvalue weighted by Crippen LogP contribution is 2.24. The monoisotopic (exact) mass is 426 g/mol. The van der Waals surface area contributed by atoms with E-state index in [0.29, 0.717) is 5.96 Å². The van der Waals surface area contributed by atoms with Crippen LogP contribution in [-0.2, 0) is 0 Å². The lowest BCUT2D eigenvalue weighted by molar-refractivity contribution is 0.290. The molecule has 1 unspecified atom stereocenters. The molecule has 0 radical (unpaired) electrons. The number of nitrogens with one attached hydrogen (secondary N) is 1. The van der Waals surface area contributed by atoms with Gasteiger partial charge in [-0.25, -0.2) is 8.78 Å². The molecule has 22 heavy (non-hydrogen) atoms. The van der Waals surface area contributed by atoms with Gasteiger partial charge in [-0.15, -0.1) is 24.0 Å². The first-order valence-electron chi connectivity index (χ1n) is 7.11. The Morgan fingerprint density at radius 1 is 1.32 bits per heavy atom. The molecule has 0 heterocycles. The summed E-state index contributed by atoms with van der Waals surface area (Å²) in [7, 11) is 3.51. The molecular weight excluding hydrogens is 401 g/mol. The van der Waals surface area contributed by atoms with E-state index >= 15 is 0 Å². The van der Waals surface area contributed by atoms with Crippen molar-refractivity contribution in [1.82, 2.24) is 10.2 Å². The summed E-state index contributed by atoms with van der Waals surface area (Å²) in [6.45, 7) is 3.01. The zero-order valence-corrected chi connectivity index (χ0v) is 15.6. The Labute approximate surface area is 148 Å². The molecule has 0 bridgehead atoms. The SMILES string of the molecule is CCCCNC(N)=NCC(c1c(F)cccc1F)N(C)C.I. The summed E-state index contributed by atoms with van der Waals surface area (Å²) in [4.78, 5) is 5.91. The number of hydrogen-bond acceptors (Lipinski definition) is 2. The van der Waals surface area contributed by atoms with Gasteiger partial charge in [0, 0.05) is 12.1 Å². The first kappa shape index (κ1) is 21.0. The van der Waals surface area contributed by atoms with Gasteiger partial charge in [-0.2, -0.15) is 0 Å². The maximum absolute atomic E-state index is 13.9. The van der Waals surface area contributed by atoms with E-state index in [-0.39, 0.29) is 36.1 Å². The lowest BCUT2D eigenvalue weighted by Gasteiger charge is -2.24. The molecule has 7 heteroatoms. The fourth-order valence-corrected chi connectivity index (χ4v) is 1.98. The van der Waals surface area contributed by atoms with Crippen LogP contribution < -0.4 is 11.1 Å². The second kappa shape index (κ2) is 10.7. The van der Waals surface area contributed by atoms with Crippen LogP contribution in [0.1, 0.15) is 31.4 Å². The Balaban J connectivity index is 0.00000441. The average Bonchev–Trinajstić information content (AvgIpc) is 2.41. The lowest BCUT2D eigenvalue weighted by Crippen LogP contribution is -2.34. The average molecular weight is 426 g/mol. The van der Waals surface area contributed by atoms with Crippen molar-refractivity contribution in [2.24, 2.45) is 10.7 Å². The van der Waals surface area contributed by atoms with E-state index in [1.54, 1.807) is 19.0 Å². The Kier molecular flexibility index (Phi) is 10.2. The van der Waals surface area contributed by atoms with Crippen molar-refractivity contribution in [2.45, 2.75) is 25.8 Å². The van der Waals surface area contributed by atoms with E-state index in [0.717, 1.165) is 19.4 Å². The van der Waals surface area contributed by atoms with E-state index in [4.69, 9.17) is 5.73 Å². The Morgan fingerprint density at radius 3 is 2.41 bits per heavy atom. The fourth-order valence-electron chi connectivity index (χ4n) is 1.98. The molecular formula is C15H25F2IN4. The number of halogens is 3. The van der Waals surface area contributed by atoms with Gasteiger partial charge >= 0.3 is 0 Å². The fraction of sp³-hybridized carbons (Fsp3) is 0.533. The van der Waals surface area contributed by atoms with Crippen LogP contribution in [-0.4, -0.2) is 38.0 Å². The van der Waals surface area contributed by atoms with E-state index in [2.05, 4.69) is 17.2 Å². The van der Waals surface area contributed by atoms with Gasteiger partial charge in [-0.3, -0.25) is 4.99 Å². The summed E-state index contributed by atoms with van der Waals surface area (Å²) in [5, 5.41) is 2.98. The predicted molar refractivity (Wildman–Crippen MR) is 97.6 cm³/mol. The quantitative estimate of drug-likeness (QED) is 0.305. The van der Waals surface area contributed by atoms with Crippen molar-refractivity contribution < 1.29 is 8.78 Å². The molecule has 4 nitrogen and oxygen atoms in total. The Hall–Kier alpha value is -0.960. The van der Waals surface area contributed by atoms with Crippen molar-refractivity contribution in [3.8, 4) is 0 Å². The third-order valence-corrected chi connectivity index (χ3v) is 3.23. The minimum absolute atomic E-state index is 0. The zero-order chi connectivity index (χ0) is 15.8. The molecule has 0 fully saturated rings. The first-order chi connectivity index (χ1) is 9.97. The van der Waals surface area contributed by atoms with Gasteiger partial charge in [0.2, 0.25) is 0 Å². The largest absolute Gasteiger partial charge is 0.370 e. The summed E-state index contributed by atoms with van der Waals surface area (Å²) in [6, 6.07) is 3.35. The molecule has 0 aliphatic rings. The van der Waals surface area contributed by atoms with Gasteiger partial charge in [0.05, 0.1) is 12.6 Å². The van der Waals surface area contributed by atoms with Crippen LogP contribution in [0.5, 0.6) is 0 Å². The van der Waals surface area contributed by atoms with E-state index in [1.165, 1.54) is 18.2 Å². The van der Waals surface area contributed by atoms with Gasteiger partial charge in [-0.05, 0) is 32.6 Å². The number of likely N-dealkylation sites (N-methyl/N-ethyl adjacent to an activating group) is 1. The minimum Gasteiger partial charge on any atom is -0.370 e. The van der Waals surface area contributed by atoms with Crippen LogP contribution in [0.25, 0.3) is 0 Å². The molecule has 0 saturated heterocycles. The molecule has 0 aliphatic heterocycles. The standard InChI is InChI=1S/C15H24F2N4.HI/c1-4-5-9-19-15(18)20-10-13(21(2)3)14-11(16)7-6-8-12(14)17;/h6-8,13H,4-5,9-10H2,1-3H3,(H3,18,19,20);1H. The van der Waals surface area contributed by atoms with Crippen LogP contribution in [0.2, 0.25) is 0 Å². The maximum Gasteiger partial charge on any atom is 0.188 e. The number of aliphatic imine (C=N–C) groups is 1. The van der Waals surface area contributed by atoms with Gasteiger partial charge in [0.1, 0.15) is 11.6 Å².